The molecule has 1 aromatic rings. The molecule has 0 unspecified atom stereocenters. The monoisotopic (exact) mass is 169 g/mol. The Labute approximate surface area is 69.6 Å². The van der Waals surface area contributed by atoms with Gasteiger partial charge in [-0.25, -0.2) is 4.98 Å². The number of nitrogens with zero attached hydrogens (tertiary/aromatic N) is 2. The standard InChI is InChI=1S/C7H9N2OS/c1-3-10-4-2-9(1)7-5-11-6-8-7/h5H,1-4H2. The highest BCUT2D eigenvalue weighted by molar-refractivity contribution is 7.07. The second-order valence-electron chi connectivity index (χ2n) is 2.40. The topological polar surface area (TPSA) is 25.4 Å². The summed E-state index contributed by atoms with van der Waals surface area (Å²) in [5.74, 6) is 1.04. The minimum atomic E-state index is 0.817. The molecule has 59 valence electrons. The van der Waals surface area contributed by atoms with Crippen LogP contribution in [0.2, 0.25) is 0 Å². The summed E-state index contributed by atoms with van der Waals surface area (Å²) in [5.41, 5.74) is 2.84. The van der Waals surface area contributed by atoms with Crippen molar-refractivity contribution in [2.24, 2.45) is 0 Å². The quantitative estimate of drug-likeness (QED) is 0.621. The van der Waals surface area contributed by atoms with Crippen molar-refractivity contribution < 1.29 is 4.74 Å². The van der Waals surface area contributed by atoms with Crippen LogP contribution in [0.15, 0.2) is 5.38 Å². The highest BCUT2D eigenvalue weighted by Gasteiger charge is 2.11. The van der Waals surface area contributed by atoms with Crippen molar-refractivity contribution >= 4 is 17.2 Å². The van der Waals surface area contributed by atoms with Crippen LogP contribution in [-0.4, -0.2) is 31.3 Å². The Kier molecular flexibility index (Phi) is 2.05. The first-order valence-electron chi connectivity index (χ1n) is 3.61. The maximum Gasteiger partial charge on any atom is 0.154 e. The number of hydrogen-bond acceptors (Lipinski definition) is 4. The fraction of sp³-hybridized carbons (Fsp3) is 0.571. The van der Waals surface area contributed by atoms with Crippen LogP contribution < -0.4 is 4.90 Å². The van der Waals surface area contributed by atoms with Crippen molar-refractivity contribution in [2.75, 3.05) is 31.2 Å². The summed E-state index contributed by atoms with van der Waals surface area (Å²) in [6, 6.07) is 0. The molecule has 4 heteroatoms. The van der Waals surface area contributed by atoms with Gasteiger partial charge in [-0.05, 0) is 0 Å². The fourth-order valence-corrected chi connectivity index (χ4v) is 1.62. The molecular weight excluding hydrogens is 160 g/mol. The van der Waals surface area contributed by atoms with Gasteiger partial charge in [-0.2, -0.15) is 0 Å². The van der Waals surface area contributed by atoms with Gasteiger partial charge < -0.3 is 9.64 Å². The van der Waals surface area contributed by atoms with E-state index in [1.54, 1.807) is 0 Å². The Morgan fingerprint density at radius 3 is 3.00 bits per heavy atom. The van der Waals surface area contributed by atoms with Crippen molar-refractivity contribution in [3.8, 4) is 0 Å². The van der Waals surface area contributed by atoms with Crippen LogP contribution in [0.5, 0.6) is 0 Å². The van der Waals surface area contributed by atoms with Crippen molar-refractivity contribution in [1.82, 2.24) is 4.98 Å². The van der Waals surface area contributed by atoms with E-state index in [9.17, 15) is 0 Å². The van der Waals surface area contributed by atoms with Crippen LogP contribution in [0, 0.1) is 5.51 Å². The predicted octanol–water partition coefficient (Wildman–Crippen LogP) is 0.780. The molecule has 3 nitrogen and oxygen atoms in total. The Morgan fingerprint density at radius 2 is 2.36 bits per heavy atom. The third-order valence-corrected chi connectivity index (χ3v) is 2.24. The Bertz CT molecular complexity index is 206. The van der Waals surface area contributed by atoms with Crippen molar-refractivity contribution in [1.29, 1.82) is 0 Å². The van der Waals surface area contributed by atoms with Crippen LogP contribution in [0.3, 0.4) is 0 Å². The van der Waals surface area contributed by atoms with E-state index in [4.69, 9.17) is 4.74 Å². The molecule has 2 rings (SSSR count). The molecule has 0 amide bonds. The summed E-state index contributed by atoms with van der Waals surface area (Å²) < 4.78 is 5.22. The number of aromatic nitrogens is 1. The van der Waals surface area contributed by atoms with E-state index in [0.717, 1.165) is 32.1 Å². The summed E-state index contributed by atoms with van der Waals surface area (Å²) in [6.45, 7) is 3.55. The molecule has 1 radical (unpaired) electrons. The first-order valence-corrected chi connectivity index (χ1v) is 4.49. The van der Waals surface area contributed by atoms with Crippen molar-refractivity contribution in [3.63, 3.8) is 0 Å². The van der Waals surface area contributed by atoms with E-state index in [0.29, 0.717) is 0 Å². The number of hydrogen-bond donors (Lipinski definition) is 0. The summed E-state index contributed by atoms with van der Waals surface area (Å²) in [7, 11) is 0. The molecule has 1 aromatic heterocycles. The van der Waals surface area contributed by atoms with Gasteiger partial charge in [-0.3, -0.25) is 0 Å². The lowest BCUT2D eigenvalue weighted by molar-refractivity contribution is 0.122. The van der Waals surface area contributed by atoms with E-state index < -0.39 is 0 Å². The second-order valence-corrected chi connectivity index (χ2v) is 3.05. The number of anilines is 1. The van der Waals surface area contributed by atoms with Gasteiger partial charge in [0, 0.05) is 18.5 Å². The lowest BCUT2D eigenvalue weighted by Crippen LogP contribution is -2.36. The van der Waals surface area contributed by atoms with Gasteiger partial charge in [-0.15, -0.1) is 11.3 Å². The number of rotatable bonds is 1. The molecule has 0 N–H and O–H groups in total. The Hall–Kier alpha value is -0.610. The van der Waals surface area contributed by atoms with Crippen LogP contribution in [0.4, 0.5) is 5.82 Å². The van der Waals surface area contributed by atoms with Crippen LogP contribution >= 0.6 is 11.3 Å². The van der Waals surface area contributed by atoms with Crippen molar-refractivity contribution in [2.45, 2.75) is 0 Å². The zero-order valence-electron chi connectivity index (χ0n) is 6.12. The SMILES string of the molecule is [c]1nc(N2CCOCC2)cs1. The molecule has 0 spiro atoms. The van der Waals surface area contributed by atoms with Gasteiger partial charge in [0.2, 0.25) is 0 Å². The average molecular weight is 169 g/mol. The van der Waals surface area contributed by atoms with Crippen LogP contribution in [-0.2, 0) is 4.74 Å². The molecule has 0 aromatic carbocycles. The largest absolute Gasteiger partial charge is 0.378 e. The van der Waals surface area contributed by atoms with E-state index >= 15 is 0 Å². The molecule has 0 atom stereocenters. The first-order chi connectivity index (χ1) is 5.47. The molecule has 0 saturated carbocycles. The summed E-state index contributed by atoms with van der Waals surface area (Å²) in [5, 5.41) is 2.02. The molecule has 0 aliphatic carbocycles. The third kappa shape index (κ3) is 1.52. The van der Waals surface area contributed by atoms with E-state index in [1.165, 1.54) is 11.3 Å². The first kappa shape index (κ1) is 7.06. The van der Waals surface area contributed by atoms with Gasteiger partial charge in [0.25, 0.3) is 0 Å². The zero-order chi connectivity index (χ0) is 7.52. The molecule has 11 heavy (non-hydrogen) atoms. The molecule has 1 aliphatic heterocycles. The van der Waals surface area contributed by atoms with E-state index in [1.807, 2.05) is 5.38 Å². The highest BCUT2D eigenvalue weighted by Crippen LogP contribution is 2.13. The fourth-order valence-electron chi connectivity index (χ4n) is 1.12. The number of thiazole rings is 1. The molecule has 1 fully saturated rings. The molecule has 1 saturated heterocycles. The molecule has 1 aliphatic rings. The summed E-state index contributed by atoms with van der Waals surface area (Å²) >= 11 is 1.51. The van der Waals surface area contributed by atoms with Gasteiger partial charge in [0.15, 0.2) is 5.51 Å². The highest BCUT2D eigenvalue weighted by atomic mass is 32.1. The summed E-state index contributed by atoms with van der Waals surface area (Å²) in [6.07, 6.45) is 0. The number of ether oxygens (including phenoxy) is 1. The predicted molar refractivity (Wildman–Crippen MR) is 44.0 cm³/mol. The number of morpholine rings is 1. The maximum atomic E-state index is 5.22. The van der Waals surface area contributed by atoms with Crippen molar-refractivity contribution in [3.05, 3.63) is 10.9 Å². The molecule has 2 heterocycles. The second kappa shape index (κ2) is 3.19. The average Bonchev–Trinajstić information content (AvgIpc) is 2.58. The third-order valence-electron chi connectivity index (χ3n) is 1.71. The van der Waals surface area contributed by atoms with Crippen LogP contribution in [0.1, 0.15) is 0 Å². The van der Waals surface area contributed by atoms with E-state index in [-0.39, 0.29) is 0 Å². The Morgan fingerprint density at radius 1 is 1.55 bits per heavy atom. The molecular formula is C7H9N2OS. The lowest BCUT2D eigenvalue weighted by Gasteiger charge is -2.26. The maximum absolute atomic E-state index is 5.22. The normalized spacial score (nSPS) is 18.7. The minimum absolute atomic E-state index is 0.817. The smallest absolute Gasteiger partial charge is 0.154 e. The molecule has 0 bridgehead atoms. The minimum Gasteiger partial charge on any atom is -0.378 e. The zero-order valence-corrected chi connectivity index (χ0v) is 6.93. The lowest BCUT2D eigenvalue weighted by atomic mass is 10.4. The van der Waals surface area contributed by atoms with E-state index in [2.05, 4.69) is 15.4 Å². The van der Waals surface area contributed by atoms with Gasteiger partial charge in [0.05, 0.1) is 13.2 Å². The Balaban J connectivity index is 2.04. The van der Waals surface area contributed by atoms with Gasteiger partial charge in [0.1, 0.15) is 5.82 Å². The van der Waals surface area contributed by atoms with Gasteiger partial charge >= 0.3 is 0 Å². The van der Waals surface area contributed by atoms with Crippen LogP contribution in [0.25, 0.3) is 0 Å². The summed E-state index contributed by atoms with van der Waals surface area (Å²) in [4.78, 5) is 6.32. The van der Waals surface area contributed by atoms with Gasteiger partial charge in [-0.1, -0.05) is 0 Å².